The van der Waals surface area contributed by atoms with Crippen LogP contribution in [-0.2, 0) is 17.8 Å². The van der Waals surface area contributed by atoms with E-state index in [1.165, 1.54) is 0 Å². The molecule has 0 aliphatic carbocycles. The van der Waals surface area contributed by atoms with Crippen molar-refractivity contribution >= 4 is 16.8 Å². The number of benzene rings is 1. The van der Waals surface area contributed by atoms with Gasteiger partial charge < -0.3 is 5.32 Å². The molecule has 3 rings (SSSR count). The van der Waals surface area contributed by atoms with Gasteiger partial charge in [0.2, 0.25) is 5.91 Å². The predicted molar refractivity (Wildman–Crippen MR) is 96.2 cm³/mol. The third kappa shape index (κ3) is 4.50. The van der Waals surface area contributed by atoms with Crippen LogP contribution >= 0.6 is 0 Å². The van der Waals surface area contributed by atoms with E-state index in [0.717, 1.165) is 12.0 Å². The molecule has 25 heavy (non-hydrogen) atoms. The third-order valence-electron chi connectivity index (χ3n) is 4.02. The summed E-state index contributed by atoms with van der Waals surface area (Å²) in [7, 11) is 0. The van der Waals surface area contributed by atoms with Crippen molar-refractivity contribution in [3.63, 3.8) is 0 Å². The molecule has 0 bridgehead atoms. The Balaban J connectivity index is 1.45. The van der Waals surface area contributed by atoms with E-state index >= 15 is 0 Å². The van der Waals surface area contributed by atoms with Gasteiger partial charge >= 0.3 is 0 Å². The van der Waals surface area contributed by atoms with Crippen molar-refractivity contribution in [3.05, 3.63) is 71.0 Å². The highest BCUT2D eigenvalue weighted by molar-refractivity contribution is 5.77. The Bertz CT molecular complexity index is 906. The van der Waals surface area contributed by atoms with Crippen molar-refractivity contribution in [3.8, 4) is 0 Å². The van der Waals surface area contributed by atoms with Crippen LogP contribution in [0.3, 0.4) is 0 Å². The number of hydrogen-bond donors (Lipinski definition) is 1. The lowest BCUT2D eigenvalue weighted by Gasteiger charge is -2.07. The standard InChI is InChI=1S/C19H20N4O2/c24-18(21-12-9-15-7-10-20-11-8-15)6-3-13-23-14-22-17-5-2-1-4-16(17)19(23)25/h1-2,4-5,7-8,10-11,14H,3,6,9,12-13H2,(H,21,24). The van der Waals surface area contributed by atoms with Crippen molar-refractivity contribution in [2.24, 2.45) is 0 Å². The Morgan fingerprint density at radius 2 is 1.92 bits per heavy atom. The van der Waals surface area contributed by atoms with Crippen molar-refractivity contribution in [1.82, 2.24) is 19.9 Å². The summed E-state index contributed by atoms with van der Waals surface area (Å²) < 4.78 is 1.56. The molecule has 0 spiro atoms. The highest BCUT2D eigenvalue weighted by Crippen LogP contribution is 2.05. The summed E-state index contributed by atoms with van der Waals surface area (Å²) in [5.74, 6) is -0.00384. The van der Waals surface area contributed by atoms with Crippen molar-refractivity contribution in [1.29, 1.82) is 0 Å². The summed E-state index contributed by atoms with van der Waals surface area (Å²) in [5.41, 5.74) is 1.77. The molecule has 1 N–H and O–H groups in total. The summed E-state index contributed by atoms with van der Waals surface area (Å²) in [6.07, 6.45) is 6.80. The van der Waals surface area contributed by atoms with E-state index in [0.29, 0.717) is 36.8 Å². The van der Waals surface area contributed by atoms with Crippen LogP contribution in [-0.4, -0.2) is 27.0 Å². The van der Waals surface area contributed by atoms with Crippen LogP contribution in [0.5, 0.6) is 0 Å². The minimum Gasteiger partial charge on any atom is -0.356 e. The monoisotopic (exact) mass is 336 g/mol. The van der Waals surface area contributed by atoms with E-state index in [4.69, 9.17) is 0 Å². The van der Waals surface area contributed by atoms with Gasteiger partial charge in [-0.2, -0.15) is 0 Å². The summed E-state index contributed by atoms with van der Waals surface area (Å²) in [6.45, 7) is 1.08. The molecule has 0 saturated heterocycles. The van der Waals surface area contributed by atoms with Crippen LogP contribution in [0.1, 0.15) is 18.4 Å². The van der Waals surface area contributed by atoms with Crippen LogP contribution < -0.4 is 10.9 Å². The van der Waals surface area contributed by atoms with Crippen LogP contribution in [0.15, 0.2) is 59.9 Å². The molecule has 6 nitrogen and oxygen atoms in total. The fraction of sp³-hybridized carbons (Fsp3) is 0.263. The molecular weight excluding hydrogens is 316 g/mol. The van der Waals surface area contributed by atoms with Gasteiger partial charge in [0.15, 0.2) is 0 Å². The second-order valence-electron chi connectivity index (χ2n) is 5.82. The van der Waals surface area contributed by atoms with Gasteiger partial charge in [0.05, 0.1) is 17.2 Å². The van der Waals surface area contributed by atoms with Gasteiger partial charge in [0, 0.05) is 31.9 Å². The highest BCUT2D eigenvalue weighted by Gasteiger charge is 2.05. The van der Waals surface area contributed by atoms with E-state index in [1.54, 1.807) is 29.4 Å². The van der Waals surface area contributed by atoms with E-state index in [-0.39, 0.29) is 11.5 Å². The highest BCUT2D eigenvalue weighted by atomic mass is 16.1. The van der Waals surface area contributed by atoms with Gasteiger partial charge in [-0.3, -0.25) is 19.1 Å². The first-order chi connectivity index (χ1) is 12.2. The van der Waals surface area contributed by atoms with Crippen molar-refractivity contribution in [2.45, 2.75) is 25.8 Å². The normalized spacial score (nSPS) is 10.7. The SMILES string of the molecule is O=C(CCCn1cnc2ccccc2c1=O)NCCc1ccncc1. The quantitative estimate of drug-likeness (QED) is 0.715. The predicted octanol–water partition coefficient (Wildman–Crippen LogP) is 1.93. The Hall–Kier alpha value is -3.02. The van der Waals surface area contributed by atoms with Crippen LogP contribution in [0.2, 0.25) is 0 Å². The minimum atomic E-state index is -0.0660. The maximum Gasteiger partial charge on any atom is 0.261 e. The van der Waals surface area contributed by atoms with Crippen LogP contribution in [0.25, 0.3) is 10.9 Å². The topological polar surface area (TPSA) is 76.9 Å². The van der Waals surface area contributed by atoms with E-state index in [2.05, 4.69) is 15.3 Å². The lowest BCUT2D eigenvalue weighted by molar-refractivity contribution is -0.121. The van der Waals surface area contributed by atoms with Crippen LogP contribution in [0.4, 0.5) is 0 Å². The lowest BCUT2D eigenvalue weighted by Crippen LogP contribution is -2.26. The van der Waals surface area contributed by atoms with Gasteiger partial charge in [-0.15, -0.1) is 0 Å². The summed E-state index contributed by atoms with van der Waals surface area (Å²) in [6, 6.07) is 11.1. The molecule has 2 aromatic heterocycles. The number of aromatic nitrogens is 3. The number of fused-ring (bicyclic) bond motifs is 1. The molecule has 0 aliphatic rings. The van der Waals surface area contributed by atoms with E-state index < -0.39 is 0 Å². The van der Waals surface area contributed by atoms with E-state index in [9.17, 15) is 9.59 Å². The van der Waals surface area contributed by atoms with Gasteiger partial charge in [-0.05, 0) is 42.7 Å². The zero-order valence-electron chi connectivity index (χ0n) is 13.9. The number of carbonyl (C=O) groups is 1. The Labute approximate surface area is 145 Å². The first-order valence-corrected chi connectivity index (χ1v) is 8.34. The summed E-state index contributed by atoms with van der Waals surface area (Å²) in [4.78, 5) is 32.5. The molecule has 0 radical (unpaired) electrons. The molecule has 0 atom stereocenters. The molecule has 2 heterocycles. The largest absolute Gasteiger partial charge is 0.356 e. The number of carbonyl (C=O) groups excluding carboxylic acids is 1. The number of nitrogens with one attached hydrogen (secondary N) is 1. The number of pyridine rings is 1. The van der Waals surface area contributed by atoms with Crippen LogP contribution in [0, 0.1) is 0 Å². The first kappa shape index (κ1) is 16.8. The number of amides is 1. The zero-order valence-corrected chi connectivity index (χ0v) is 13.9. The maximum atomic E-state index is 12.4. The Kier molecular flexibility index (Phi) is 5.51. The summed E-state index contributed by atoms with van der Waals surface area (Å²) in [5, 5.41) is 3.50. The third-order valence-corrected chi connectivity index (χ3v) is 4.02. The molecule has 6 heteroatoms. The molecule has 1 aromatic carbocycles. The average molecular weight is 336 g/mol. The molecule has 0 unspecified atom stereocenters. The number of hydrogen-bond acceptors (Lipinski definition) is 4. The average Bonchev–Trinajstić information content (AvgIpc) is 2.65. The number of nitrogens with zero attached hydrogens (tertiary/aromatic N) is 3. The maximum absolute atomic E-state index is 12.4. The molecular formula is C19H20N4O2. The second-order valence-corrected chi connectivity index (χ2v) is 5.82. The lowest BCUT2D eigenvalue weighted by atomic mass is 10.2. The fourth-order valence-corrected chi connectivity index (χ4v) is 2.66. The first-order valence-electron chi connectivity index (χ1n) is 8.34. The van der Waals surface area contributed by atoms with Crippen molar-refractivity contribution < 1.29 is 4.79 Å². The fourth-order valence-electron chi connectivity index (χ4n) is 2.66. The molecule has 0 saturated carbocycles. The second kappa shape index (κ2) is 8.19. The molecule has 128 valence electrons. The molecule has 0 fully saturated rings. The van der Waals surface area contributed by atoms with Gasteiger partial charge in [-0.25, -0.2) is 4.98 Å². The van der Waals surface area contributed by atoms with Gasteiger partial charge in [0.1, 0.15) is 0 Å². The number of rotatable bonds is 7. The Morgan fingerprint density at radius 3 is 2.76 bits per heavy atom. The van der Waals surface area contributed by atoms with Gasteiger partial charge in [-0.1, -0.05) is 12.1 Å². The number of aryl methyl sites for hydroxylation is 1. The molecule has 0 aliphatic heterocycles. The minimum absolute atomic E-state index is 0.00384. The molecule has 3 aromatic rings. The molecule has 1 amide bonds. The van der Waals surface area contributed by atoms with Gasteiger partial charge in [0.25, 0.3) is 5.56 Å². The Morgan fingerprint density at radius 1 is 1.12 bits per heavy atom. The summed E-state index contributed by atoms with van der Waals surface area (Å²) >= 11 is 0. The smallest absolute Gasteiger partial charge is 0.261 e. The zero-order chi connectivity index (χ0) is 17.5. The number of para-hydroxylation sites is 1. The van der Waals surface area contributed by atoms with E-state index in [1.807, 2.05) is 30.3 Å². The van der Waals surface area contributed by atoms with Crippen molar-refractivity contribution in [2.75, 3.05) is 6.54 Å².